The number of hydrogen-bond donors (Lipinski definition) is 1. The van der Waals surface area contributed by atoms with E-state index in [4.69, 9.17) is 5.11 Å². The van der Waals surface area contributed by atoms with Gasteiger partial charge in [0.1, 0.15) is 0 Å². The zero-order valence-electron chi connectivity index (χ0n) is 10.7. The molecule has 0 aromatic rings. The third-order valence-electron chi connectivity index (χ3n) is 3.56. The number of carboxylic acids is 1. The van der Waals surface area contributed by atoms with Crippen LogP contribution in [0.2, 0.25) is 0 Å². The molecule has 2 aliphatic rings. The van der Waals surface area contributed by atoms with Crippen LogP contribution in [0.3, 0.4) is 0 Å². The summed E-state index contributed by atoms with van der Waals surface area (Å²) in [5, 5.41) is 9.02. The maximum Gasteiger partial charge on any atom is 0.308 e. The minimum absolute atomic E-state index is 0.0369. The first-order chi connectivity index (χ1) is 9.08. The van der Waals surface area contributed by atoms with Crippen molar-refractivity contribution in [2.24, 2.45) is 5.92 Å². The molecular weight excluding hydrogens is 268 g/mol. The lowest BCUT2D eigenvalue weighted by atomic mass is 9.98. The first kappa shape index (κ1) is 14.2. The Morgan fingerprint density at radius 2 is 2.16 bits per heavy atom. The Kier molecular flexibility index (Phi) is 4.68. The monoisotopic (exact) mass is 286 g/mol. The van der Waals surface area contributed by atoms with Crippen molar-refractivity contribution >= 4 is 28.9 Å². The molecule has 2 heterocycles. The van der Waals surface area contributed by atoms with Gasteiger partial charge in [0.15, 0.2) is 0 Å². The molecule has 2 amide bonds. The first-order valence-corrected chi connectivity index (χ1v) is 7.49. The molecule has 6 nitrogen and oxygen atoms in total. The second-order valence-corrected chi connectivity index (χ2v) is 5.91. The highest BCUT2D eigenvalue weighted by Crippen LogP contribution is 2.19. The first-order valence-electron chi connectivity index (χ1n) is 6.50. The molecule has 0 aromatic carbocycles. The molecule has 7 heteroatoms. The number of amides is 2. The number of likely N-dealkylation sites (tertiary alicyclic amines) is 1. The number of carbonyl (C=O) groups excluding carboxylic acids is 2. The number of nitrogens with zero attached hydrogens (tertiary/aromatic N) is 2. The lowest BCUT2D eigenvalue weighted by Crippen LogP contribution is -2.43. The fourth-order valence-corrected chi connectivity index (χ4v) is 3.27. The molecule has 106 valence electrons. The molecule has 0 aromatic heterocycles. The normalized spacial score (nSPS) is 23.8. The van der Waals surface area contributed by atoms with Crippen molar-refractivity contribution < 1.29 is 19.5 Å². The molecule has 0 radical (unpaired) electrons. The summed E-state index contributed by atoms with van der Waals surface area (Å²) in [7, 11) is 0. The third-order valence-corrected chi connectivity index (χ3v) is 4.46. The quantitative estimate of drug-likeness (QED) is 0.829. The summed E-state index contributed by atoms with van der Waals surface area (Å²) in [6.07, 6.45) is 1.67. The van der Waals surface area contributed by atoms with Gasteiger partial charge in [0.2, 0.25) is 5.91 Å². The van der Waals surface area contributed by atoms with Crippen LogP contribution in [-0.2, 0) is 9.59 Å². The smallest absolute Gasteiger partial charge is 0.308 e. The number of aliphatic carboxylic acids is 1. The van der Waals surface area contributed by atoms with E-state index in [0.29, 0.717) is 39.0 Å². The Hall–Kier alpha value is -1.24. The van der Waals surface area contributed by atoms with Crippen molar-refractivity contribution in [2.45, 2.75) is 19.3 Å². The standard InChI is InChI=1S/C12H18N2O4S/c15-10(3-5-13-6-7-19-12(13)18)14-4-1-2-9(8-14)11(16)17/h9H,1-8H2,(H,16,17)/t9-/m0/s1. The number of thioether (sulfide) groups is 1. The van der Waals surface area contributed by atoms with E-state index in [0.717, 1.165) is 12.2 Å². The molecule has 2 aliphatic heterocycles. The van der Waals surface area contributed by atoms with Crippen molar-refractivity contribution in [1.82, 2.24) is 9.80 Å². The van der Waals surface area contributed by atoms with Crippen molar-refractivity contribution in [3.63, 3.8) is 0 Å². The van der Waals surface area contributed by atoms with E-state index in [1.807, 2.05) is 0 Å². The van der Waals surface area contributed by atoms with Gasteiger partial charge in [-0.25, -0.2) is 0 Å². The molecule has 0 aliphatic carbocycles. The van der Waals surface area contributed by atoms with Gasteiger partial charge in [-0.15, -0.1) is 0 Å². The average molecular weight is 286 g/mol. The summed E-state index contributed by atoms with van der Waals surface area (Å²) >= 11 is 1.28. The van der Waals surface area contributed by atoms with Crippen molar-refractivity contribution in [1.29, 1.82) is 0 Å². The molecule has 2 fully saturated rings. The van der Waals surface area contributed by atoms with E-state index in [-0.39, 0.29) is 11.1 Å². The minimum atomic E-state index is -0.830. The van der Waals surface area contributed by atoms with Gasteiger partial charge < -0.3 is 14.9 Å². The van der Waals surface area contributed by atoms with Gasteiger partial charge in [-0.2, -0.15) is 0 Å². The third kappa shape index (κ3) is 3.62. The summed E-state index contributed by atoms with van der Waals surface area (Å²) < 4.78 is 0. The van der Waals surface area contributed by atoms with Gasteiger partial charge in [0.05, 0.1) is 5.92 Å². The highest BCUT2D eigenvalue weighted by molar-refractivity contribution is 8.13. The molecule has 2 saturated heterocycles. The zero-order chi connectivity index (χ0) is 13.8. The van der Waals surface area contributed by atoms with Crippen LogP contribution in [0.1, 0.15) is 19.3 Å². The number of hydrogen-bond acceptors (Lipinski definition) is 4. The number of carbonyl (C=O) groups is 3. The molecule has 0 spiro atoms. The topological polar surface area (TPSA) is 77.9 Å². The largest absolute Gasteiger partial charge is 0.481 e. The van der Waals surface area contributed by atoms with Crippen LogP contribution in [0, 0.1) is 5.92 Å². The van der Waals surface area contributed by atoms with Crippen molar-refractivity contribution in [3.8, 4) is 0 Å². The van der Waals surface area contributed by atoms with Crippen LogP contribution in [0.5, 0.6) is 0 Å². The summed E-state index contributed by atoms with van der Waals surface area (Å²) in [5.41, 5.74) is 0. The second kappa shape index (κ2) is 6.27. The molecule has 1 atom stereocenters. The Morgan fingerprint density at radius 1 is 1.37 bits per heavy atom. The van der Waals surface area contributed by atoms with E-state index in [9.17, 15) is 14.4 Å². The maximum atomic E-state index is 12.0. The van der Waals surface area contributed by atoms with Gasteiger partial charge >= 0.3 is 5.97 Å². The van der Waals surface area contributed by atoms with Crippen LogP contribution in [-0.4, -0.2) is 64.0 Å². The summed E-state index contributed by atoms with van der Waals surface area (Å²) in [6, 6.07) is 0. The zero-order valence-corrected chi connectivity index (χ0v) is 11.5. The van der Waals surface area contributed by atoms with E-state index in [1.54, 1.807) is 9.80 Å². The van der Waals surface area contributed by atoms with Gasteiger partial charge in [0.25, 0.3) is 5.24 Å². The van der Waals surface area contributed by atoms with Crippen LogP contribution in [0.4, 0.5) is 4.79 Å². The SMILES string of the molecule is O=C(O)[C@H]1CCCN(C(=O)CCN2CCSC2=O)C1. The lowest BCUT2D eigenvalue weighted by molar-refractivity contribution is -0.145. The van der Waals surface area contributed by atoms with Crippen LogP contribution < -0.4 is 0 Å². The van der Waals surface area contributed by atoms with Crippen LogP contribution >= 0.6 is 11.8 Å². The van der Waals surface area contributed by atoms with Gasteiger partial charge in [-0.3, -0.25) is 14.4 Å². The Morgan fingerprint density at radius 3 is 2.79 bits per heavy atom. The molecule has 0 saturated carbocycles. The Labute approximate surface area is 116 Å². The van der Waals surface area contributed by atoms with E-state index >= 15 is 0 Å². The molecule has 19 heavy (non-hydrogen) atoms. The lowest BCUT2D eigenvalue weighted by Gasteiger charge is -2.31. The summed E-state index contributed by atoms with van der Waals surface area (Å²) in [5.74, 6) is -0.529. The van der Waals surface area contributed by atoms with Crippen molar-refractivity contribution in [3.05, 3.63) is 0 Å². The second-order valence-electron chi connectivity index (χ2n) is 4.87. The van der Waals surface area contributed by atoms with Gasteiger partial charge in [0, 0.05) is 38.4 Å². The highest BCUT2D eigenvalue weighted by atomic mass is 32.2. The van der Waals surface area contributed by atoms with Crippen molar-refractivity contribution in [2.75, 3.05) is 31.9 Å². The summed E-state index contributed by atoms with van der Waals surface area (Å²) in [6.45, 7) is 2.08. The fourth-order valence-electron chi connectivity index (χ4n) is 2.42. The van der Waals surface area contributed by atoms with Gasteiger partial charge in [-0.1, -0.05) is 11.8 Å². The van der Waals surface area contributed by atoms with E-state index in [1.165, 1.54) is 11.8 Å². The van der Waals surface area contributed by atoms with Gasteiger partial charge in [-0.05, 0) is 12.8 Å². The predicted molar refractivity (Wildman–Crippen MR) is 71.0 cm³/mol. The molecular formula is C12H18N2O4S. The molecule has 2 rings (SSSR count). The van der Waals surface area contributed by atoms with E-state index in [2.05, 4.69) is 0 Å². The number of piperidine rings is 1. The van der Waals surface area contributed by atoms with E-state index < -0.39 is 11.9 Å². The predicted octanol–water partition coefficient (Wildman–Crippen LogP) is 0.869. The molecule has 0 unspecified atom stereocenters. The Balaban J connectivity index is 1.79. The molecule has 1 N–H and O–H groups in total. The number of carboxylic acid groups (broad SMARTS) is 1. The van der Waals surface area contributed by atoms with Crippen LogP contribution in [0.25, 0.3) is 0 Å². The Bertz CT molecular complexity index is 388. The average Bonchev–Trinajstić information content (AvgIpc) is 2.81. The summed E-state index contributed by atoms with van der Waals surface area (Å²) in [4.78, 5) is 37.7. The fraction of sp³-hybridized carbons (Fsp3) is 0.750. The maximum absolute atomic E-state index is 12.0. The number of rotatable bonds is 4. The highest BCUT2D eigenvalue weighted by Gasteiger charge is 2.29. The molecule has 0 bridgehead atoms. The minimum Gasteiger partial charge on any atom is -0.481 e. The van der Waals surface area contributed by atoms with Crippen LogP contribution in [0.15, 0.2) is 0 Å².